The van der Waals surface area contributed by atoms with E-state index in [9.17, 15) is 4.79 Å². The van der Waals surface area contributed by atoms with E-state index in [1.54, 1.807) is 14.2 Å². The number of amides is 1. The fourth-order valence-electron chi connectivity index (χ4n) is 3.44. The topological polar surface area (TPSA) is 50.8 Å². The van der Waals surface area contributed by atoms with Gasteiger partial charge in [0, 0.05) is 19.6 Å². The summed E-state index contributed by atoms with van der Waals surface area (Å²) < 4.78 is 10.7. The lowest BCUT2D eigenvalue weighted by Crippen LogP contribution is -2.45. The van der Waals surface area contributed by atoms with Crippen LogP contribution in [0.25, 0.3) is 0 Å². The molecular formula is C17H24N2O3. The molecule has 0 aliphatic carbocycles. The van der Waals surface area contributed by atoms with Crippen LogP contribution in [0.3, 0.4) is 0 Å². The number of nitrogens with one attached hydrogen (secondary N) is 1. The van der Waals surface area contributed by atoms with E-state index in [0.29, 0.717) is 6.54 Å². The van der Waals surface area contributed by atoms with Crippen molar-refractivity contribution in [1.82, 2.24) is 10.2 Å². The second kappa shape index (κ2) is 5.80. The molecular weight excluding hydrogens is 280 g/mol. The van der Waals surface area contributed by atoms with Crippen molar-refractivity contribution in [3.8, 4) is 11.5 Å². The SMILES string of the molecule is COc1cc2c(cc1OC)CN(C(=O)C1(C)CCNC1)CC2. The number of carbonyl (C=O) groups is 1. The van der Waals surface area contributed by atoms with Gasteiger partial charge in [0.05, 0.1) is 19.6 Å². The van der Waals surface area contributed by atoms with Crippen molar-refractivity contribution in [2.45, 2.75) is 26.3 Å². The van der Waals surface area contributed by atoms with Gasteiger partial charge in [-0.1, -0.05) is 0 Å². The van der Waals surface area contributed by atoms with Crippen LogP contribution >= 0.6 is 0 Å². The number of carbonyl (C=O) groups excluding carboxylic acids is 1. The number of hydrogen-bond acceptors (Lipinski definition) is 4. The summed E-state index contributed by atoms with van der Waals surface area (Å²) in [6.07, 6.45) is 1.78. The van der Waals surface area contributed by atoms with E-state index >= 15 is 0 Å². The van der Waals surface area contributed by atoms with Crippen LogP contribution in [0.15, 0.2) is 12.1 Å². The Bertz CT molecular complexity index is 580. The van der Waals surface area contributed by atoms with Gasteiger partial charge in [-0.15, -0.1) is 0 Å². The van der Waals surface area contributed by atoms with Gasteiger partial charge in [-0.05, 0) is 49.6 Å². The first-order chi connectivity index (χ1) is 10.6. The Kier molecular flexibility index (Phi) is 4.00. The first-order valence-corrected chi connectivity index (χ1v) is 7.81. The molecule has 0 bridgehead atoms. The molecule has 5 nitrogen and oxygen atoms in total. The molecule has 0 radical (unpaired) electrons. The highest BCUT2D eigenvalue weighted by Gasteiger charge is 2.40. The van der Waals surface area contributed by atoms with E-state index in [1.165, 1.54) is 5.56 Å². The van der Waals surface area contributed by atoms with Crippen molar-refractivity contribution in [3.63, 3.8) is 0 Å². The van der Waals surface area contributed by atoms with Crippen LogP contribution in [0.1, 0.15) is 24.5 Å². The number of benzene rings is 1. The first-order valence-electron chi connectivity index (χ1n) is 7.81. The monoisotopic (exact) mass is 304 g/mol. The average Bonchev–Trinajstić information content (AvgIpc) is 3.00. The third kappa shape index (κ3) is 2.54. The Morgan fingerprint density at radius 1 is 1.23 bits per heavy atom. The Hall–Kier alpha value is -1.75. The Morgan fingerprint density at radius 2 is 1.91 bits per heavy atom. The molecule has 0 saturated carbocycles. The van der Waals surface area contributed by atoms with E-state index in [2.05, 4.69) is 12.2 Å². The fourth-order valence-corrected chi connectivity index (χ4v) is 3.44. The van der Waals surface area contributed by atoms with Gasteiger partial charge in [0.2, 0.25) is 5.91 Å². The van der Waals surface area contributed by atoms with E-state index in [0.717, 1.165) is 49.5 Å². The Morgan fingerprint density at radius 3 is 2.50 bits per heavy atom. The van der Waals surface area contributed by atoms with Crippen molar-refractivity contribution >= 4 is 5.91 Å². The van der Waals surface area contributed by atoms with Crippen molar-refractivity contribution in [2.24, 2.45) is 5.41 Å². The summed E-state index contributed by atoms with van der Waals surface area (Å²) in [6.45, 7) is 5.21. The lowest BCUT2D eigenvalue weighted by Gasteiger charge is -2.35. The molecule has 1 saturated heterocycles. The van der Waals surface area contributed by atoms with E-state index < -0.39 is 0 Å². The molecule has 1 N–H and O–H groups in total. The van der Waals surface area contributed by atoms with E-state index in [-0.39, 0.29) is 11.3 Å². The molecule has 1 fully saturated rings. The van der Waals surface area contributed by atoms with Gasteiger partial charge in [-0.25, -0.2) is 0 Å². The molecule has 0 aromatic heterocycles. The maximum absolute atomic E-state index is 12.8. The minimum absolute atomic E-state index is 0.256. The van der Waals surface area contributed by atoms with Gasteiger partial charge in [0.25, 0.3) is 0 Å². The maximum atomic E-state index is 12.8. The summed E-state index contributed by atoms with van der Waals surface area (Å²) in [7, 11) is 3.29. The van der Waals surface area contributed by atoms with Crippen molar-refractivity contribution in [3.05, 3.63) is 23.3 Å². The minimum atomic E-state index is -0.256. The number of methoxy groups -OCH3 is 2. The maximum Gasteiger partial charge on any atom is 0.230 e. The van der Waals surface area contributed by atoms with Crippen LogP contribution in [-0.4, -0.2) is 44.7 Å². The molecule has 0 spiro atoms. The smallest absolute Gasteiger partial charge is 0.230 e. The summed E-state index contributed by atoms with van der Waals surface area (Å²) >= 11 is 0. The van der Waals surface area contributed by atoms with Crippen molar-refractivity contribution in [1.29, 1.82) is 0 Å². The average molecular weight is 304 g/mol. The molecule has 2 aliphatic heterocycles. The predicted octanol–water partition coefficient (Wildman–Crippen LogP) is 1.59. The third-order valence-corrected chi connectivity index (χ3v) is 4.89. The largest absolute Gasteiger partial charge is 0.493 e. The molecule has 1 amide bonds. The van der Waals surface area contributed by atoms with E-state index in [1.807, 2.05) is 17.0 Å². The fraction of sp³-hybridized carbons (Fsp3) is 0.588. The van der Waals surface area contributed by atoms with Crippen LogP contribution in [0.4, 0.5) is 0 Å². The zero-order valence-electron chi connectivity index (χ0n) is 13.6. The molecule has 1 aromatic rings. The summed E-state index contributed by atoms with van der Waals surface area (Å²) in [5.74, 6) is 1.75. The van der Waals surface area contributed by atoms with Crippen molar-refractivity contribution < 1.29 is 14.3 Å². The molecule has 22 heavy (non-hydrogen) atoms. The highest BCUT2D eigenvalue weighted by Crippen LogP contribution is 2.35. The number of rotatable bonds is 3. The standard InChI is InChI=1S/C17H24N2O3/c1-17(5-6-18-11-17)16(20)19-7-4-12-8-14(21-2)15(22-3)9-13(12)10-19/h8-9,18H,4-7,10-11H2,1-3H3. The number of ether oxygens (including phenoxy) is 2. The lowest BCUT2D eigenvalue weighted by molar-refractivity contribution is -0.141. The highest BCUT2D eigenvalue weighted by atomic mass is 16.5. The van der Waals surface area contributed by atoms with Crippen molar-refractivity contribution in [2.75, 3.05) is 33.9 Å². The molecule has 2 aliphatic rings. The molecule has 1 atom stereocenters. The van der Waals surface area contributed by atoms with Gasteiger partial charge in [-0.3, -0.25) is 4.79 Å². The van der Waals surface area contributed by atoms with Crippen LogP contribution in [0, 0.1) is 5.41 Å². The number of fused-ring (bicyclic) bond motifs is 1. The van der Waals surface area contributed by atoms with Crippen LogP contribution in [0.2, 0.25) is 0 Å². The predicted molar refractivity (Wildman–Crippen MR) is 84.3 cm³/mol. The second-order valence-corrected chi connectivity index (χ2v) is 6.44. The summed E-state index contributed by atoms with van der Waals surface area (Å²) in [5, 5.41) is 3.30. The molecule has 3 rings (SSSR count). The lowest BCUT2D eigenvalue weighted by atomic mass is 9.87. The summed E-state index contributed by atoms with van der Waals surface area (Å²) in [4.78, 5) is 14.8. The molecule has 120 valence electrons. The van der Waals surface area contributed by atoms with Gasteiger partial charge >= 0.3 is 0 Å². The van der Waals surface area contributed by atoms with Gasteiger partial charge in [0.1, 0.15) is 0 Å². The summed E-state index contributed by atoms with van der Waals surface area (Å²) in [6, 6.07) is 4.04. The van der Waals surface area contributed by atoms with Crippen LogP contribution in [0.5, 0.6) is 11.5 Å². The normalized spacial score (nSPS) is 24.0. The molecule has 1 aromatic carbocycles. The summed E-state index contributed by atoms with van der Waals surface area (Å²) in [5.41, 5.74) is 2.15. The number of hydrogen-bond donors (Lipinski definition) is 1. The second-order valence-electron chi connectivity index (χ2n) is 6.44. The zero-order valence-corrected chi connectivity index (χ0v) is 13.6. The minimum Gasteiger partial charge on any atom is -0.493 e. The third-order valence-electron chi connectivity index (χ3n) is 4.89. The first kappa shape index (κ1) is 15.2. The van der Waals surface area contributed by atoms with Gasteiger partial charge in [-0.2, -0.15) is 0 Å². The van der Waals surface area contributed by atoms with Gasteiger partial charge in [0.15, 0.2) is 11.5 Å². The quantitative estimate of drug-likeness (QED) is 0.921. The van der Waals surface area contributed by atoms with E-state index in [4.69, 9.17) is 9.47 Å². The molecule has 1 unspecified atom stereocenters. The Balaban J connectivity index is 1.83. The molecule has 5 heteroatoms. The van der Waals surface area contributed by atoms with Crippen LogP contribution in [-0.2, 0) is 17.8 Å². The van der Waals surface area contributed by atoms with Crippen LogP contribution < -0.4 is 14.8 Å². The Labute approximate surface area is 131 Å². The highest BCUT2D eigenvalue weighted by molar-refractivity contribution is 5.83. The molecule has 2 heterocycles. The zero-order chi connectivity index (χ0) is 15.7. The van der Waals surface area contributed by atoms with Gasteiger partial charge < -0.3 is 19.7 Å². The number of nitrogens with zero attached hydrogens (tertiary/aromatic N) is 1.